The van der Waals surface area contributed by atoms with Gasteiger partial charge < -0.3 is 8.83 Å². The molecule has 124 valence electrons. The number of fused-ring (bicyclic) bond motifs is 2. The van der Waals surface area contributed by atoms with Crippen molar-refractivity contribution in [3.05, 3.63) is 80.9 Å². The highest BCUT2D eigenvalue weighted by Crippen LogP contribution is 2.34. The summed E-state index contributed by atoms with van der Waals surface area (Å²) in [6, 6.07) is 12.4. The Kier molecular flexibility index (Phi) is 3.35. The summed E-state index contributed by atoms with van der Waals surface area (Å²) in [4.78, 5) is 24.5. The van der Waals surface area contributed by atoms with Gasteiger partial charge in [0.15, 0.2) is 5.76 Å². The summed E-state index contributed by atoms with van der Waals surface area (Å²) in [5.74, 6) is 0.163. The molecule has 0 spiro atoms. The molecule has 0 aliphatic carbocycles. The molecule has 0 amide bonds. The minimum Gasteiger partial charge on any atom is -0.452 e. The van der Waals surface area contributed by atoms with Crippen molar-refractivity contribution in [3.63, 3.8) is 0 Å². The summed E-state index contributed by atoms with van der Waals surface area (Å²) < 4.78 is 11.3. The first kappa shape index (κ1) is 15.4. The fourth-order valence-electron chi connectivity index (χ4n) is 3.24. The van der Waals surface area contributed by atoms with Gasteiger partial charge in [-0.05, 0) is 32.4 Å². The van der Waals surface area contributed by atoms with Gasteiger partial charge in [0.25, 0.3) is 0 Å². The molecule has 0 fully saturated rings. The van der Waals surface area contributed by atoms with Crippen molar-refractivity contribution in [2.45, 2.75) is 20.8 Å². The number of furan rings is 1. The highest BCUT2D eigenvalue weighted by atomic mass is 16.4. The summed E-state index contributed by atoms with van der Waals surface area (Å²) in [5.41, 5.74) is 3.63. The van der Waals surface area contributed by atoms with Crippen molar-refractivity contribution in [1.29, 1.82) is 0 Å². The van der Waals surface area contributed by atoms with Crippen molar-refractivity contribution in [1.82, 2.24) is 0 Å². The average molecular weight is 332 g/mol. The van der Waals surface area contributed by atoms with Gasteiger partial charge in [0.05, 0.1) is 0 Å². The molecule has 25 heavy (non-hydrogen) atoms. The Labute approximate surface area is 143 Å². The van der Waals surface area contributed by atoms with Crippen molar-refractivity contribution in [2.24, 2.45) is 0 Å². The maximum Gasteiger partial charge on any atom is 0.336 e. The third kappa shape index (κ3) is 2.30. The Balaban J connectivity index is 2.04. The van der Waals surface area contributed by atoms with Crippen molar-refractivity contribution in [2.75, 3.05) is 0 Å². The number of rotatable bonds is 2. The van der Waals surface area contributed by atoms with Crippen LogP contribution in [-0.2, 0) is 0 Å². The Morgan fingerprint density at radius 2 is 1.52 bits per heavy atom. The molecule has 4 aromatic rings. The third-order valence-electron chi connectivity index (χ3n) is 4.61. The Hall–Kier alpha value is -3.14. The van der Waals surface area contributed by atoms with Gasteiger partial charge in [-0.25, -0.2) is 4.79 Å². The number of hydrogen-bond donors (Lipinski definition) is 0. The molecule has 0 radical (unpaired) electrons. The van der Waals surface area contributed by atoms with E-state index in [1.54, 1.807) is 12.1 Å². The molecule has 0 N–H and O–H groups in total. The van der Waals surface area contributed by atoms with Crippen LogP contribution < -0.4 is 5.63 Å². The van der Waals surface area contributed by atoms with Crippen LogP contribution in [0.25, 0.3) is 21.9 Å². The van der Waals surface area contributed by atoms with Crippen LogP contribution in [-0.4, -0.2) is 5.78 Å². The molecule has 2 aromatic carbocycles. The van der Waals surface area contributed by atoms with E-state index in [-0.39, 0.29) is 5.78 Å². The molecule has 0 bridgehead atoms. The third-order valence-corrected chi connectivity index (χ3v) is 4.61. The van der Waals surface area contributed by atoms with E-state index in [9.17, 15) is 9.59 Å². The second-order valence-corrected chi connectivity index (χ2v) is 6.25. The normalized spacial score (nSPS) is 11.3. The standard InChI is InChI=1S/C21H16O4/c1-11-9-17(22)24-19-13(3)20-16(10-15(11)19)12(2)21(25-20)18(23)14-7-5-4-6-8-14/h4-10H,1-3H3. The molecule has 2 aromatic heterocycles. The van der Waals surface area contributed by atoms with E-state index >= 15 is 0 Å². The summed E-state index contributed by atoms with van der Waals surface area (Å²) in [7, 11) is 0. The van der Waals surface area contributed by atoms with Gasteiger partial charge in [-0.15, -0.1) is 0 Å². The van der Waals surface area contributed by atoms with Gasteiger partial charge >= 0.3 is 5.63 Å². The Morgan fingerprint density at radius 1 is 0.840 bits per heavy atom. The monoisotopic (exact) mass is 332 g/mol. The zero-order chi connectivity index (χ0) is 17.7. The fraction of sp³-hybridized carbons (Fsp3) is 0.143. The van der Waals surface area contributed by atoms with E-state index in [0.717, 1.165) is 27.5 Å². The number of aryl methyl sites for hydroxylation is 3. The predicted molar refractivity (Wildman–Crippen MR) is 96.3 cm³/mol. The summed E-state index contributed by atoms with van der Waals surface area (Å²) in [6.45, 7) is 5.59. The molecule has 0 unspecified atom stereocenters. The van der Waals surface area contributed by atoms with E-state index < -0.39 is 5.63 Å². The second-order valence-electron chi connectivity index (χ2n) is 6.25. The maximum absolute atomic E-state index is 12.8. The first-order valence-corrected chi connectivity index (χ1v) is 8.04. The maximum atomic E-state index is 12.8. The number of carbonyl (C=O) groups excluding carboxylic acids is 1. The zero-order valence-corrected chi connectivity index (χ0v) is 14.2. The van der Waals surface area contributed by atoms with Gasteiger partial charge in [-0.3, -0.25) is 4.79 Å². The molecule has 4 heteroatoms. The lowest BCUT2D eigenvalue weighted by molar-refractivity contribution is 0.101. The van der Waals surface area contributed by atoms with E-state index in [1.807, 2.05) is 45.0 Å². The number of carbonyl (C=O) groups is 1. The quantitative estimate of drug-likeness (QED) is 0.394. The van der Waals surface area contributed by atoms with E-state index in [2.05, 4.69) is 0 Å². The van der Waals surface area contributed by atoms with E-state index in [4.69, 9.17) is 8.83 Å². The topological polar surface area (TPSA) is 60.4 Å². The second kappa shape index (κ2) is 5.45. The highest BCUT2D eigenvalue weighted by molar-refractivity contribution is 6.12. The molecular weight excluding hydrogens is 316 g/mol. The fourth-order valence-corrected chi connectivity index (χ4v) is 3.24. The van der Waals surface area contributed by atoms with Crippen LogP contribution in [0.4, 0.5) is 0 Å². The number of hydrogen-bond acceptors (Lipinski definition) is 4. The zero-order valence-electron chi connectivity index (χ0n) is 14.2. The van der Waals surface area contributed by atoms with Crippen molar-refractivity contribution in [3.8, 4) is 0 Å². The molecule has 0 aliphatic rings. The van der Waals surface area contributed by atoms with Crippen LogP contribution in [0.3, 0.4) is 0 Å². The Bertz CT molecular complexity index is 1190. The van der Waals surface area contributed by atoms with Crippen molar-refractivity contribution < 1.29 is 13.6 Å². The molecule has 0 saturated heterocycles. The lowest BCUT2D eigenvalue weighted by atomic mass is 10.0. The number of benzene rings is 2. The Morgan fingerprint density at radius 3 is 2.24 bits per heavy atom. The molecule has 0 atom stereocenters. The van der Waals surface area contributed by atoms with Crippen LogP contribution in [0.1, 0.15) is 32.8 Å². The minimum atomic E-state index is -0.392. The molecule has 0 aliphatic heterocycles. The van der Waals surface area contributed by atoms with Gasteiger partial charge in [0, 0.05) is 33.5 Å². The first-order chi connectivity index (χ1) is 12.0. The molecular formula is C21H16O4. The van der Waals surface area contributed by atoms with Crippen LogP contribution in [0, 0.1) is 20.8 Å². The van der Waals surface area contributed by atoms with Crippen molar-refractivity contribution >= 4 is 27.7 Å². The van der Waals surface area contributed by atoms with Gasteiger partial charge in [0.2, 0.25) is 5.78 Å². The predicted octanol–water partition coefficient (Wildman–Crippen LogP) is 4.70. The van der Waals surface area contributed by atoms with Gasteiger partial charge in [0.1, 0.15) is 11.2 Å². The lowest BCUT2D eigenvalue weighted by Crippen LogP contribution is -2.00. The molecule has 4 nitrogen and oxygen atoms in total. The average Bonchev–Trinajstić information content (AvgIpc) is 2.93. The van der Waals surface area contributed by atoms with Gasteiger partial charge in [-0.2, -0.15) is 0 Å². The minimum absolute atomic E-state index is 0.157. The SMILES string of the molecule is Cc1cc(=O)oc2c(C)c3oc(C(=O)c4ccccc4)c(C)c3cc12. The summed E-state index contributed by atoms with van der Waals surface area (Å²) >= 11 is 0. The summed E-state index contributed by atoms with van der Waals surface area (Å²) in [6.07, 6.45) is 0. The van der Waals surface area contributed by atoms with Crippen LogP contribution in [0.15, 0.2) is 56.1 Å². The molecule has 4 rings (SSSR count). The summed E-state index contributed by atoms with van der Waals surface area (Å²) in [5, 5.41) is 1.72. The number of ketones is 1. The van der Waals surface area contributed by atoms with Crippen LogP contribution in [0.5, 0.6) is 0 Å². The first-order valence-electron chi connectivity index (χ1n) is 8.04. The van der Waals surface area contributed by atoms with E-state index in [0.29, 0.717) is 22.5 Å². The van der Waals surface area contributed by atoms with Crippen LogP contribution >= 0.6 is 0 Å². The van der Waals surface area contributed by atoms with Gasteiger partial charge in [-0.1, -0.05) is 30.3 Å². The molecule has 2 heterocycles. The van der Waals surface area contributed by atoms with Crippen LogP contribution in [0.2, 0.25) is 0 Å². The lowest BCUT2D eigenvalue weighted by Gasteiger charge is -2.04. The largest absolute Gasteiger partial charge is 0.452 e. The molecule has 0 saturated carbocycles. The smallest absolute Gasteiger partial charge is 0.336 e. The highest BCUT2D eigenvalue weighted by Gasteiger charge is 2.22. The van der Waals surface area contributed by atoms with E-state index in [1.165, 1.54) is 6.07 Å².